The lowest BCUT2D eigenvalue weighted by atomic mass is 9.90. The Labute approximate surface area is 119 Å². The van der Waals surface area contributed by atoms with Gasteiger partial charge in [-0.2, -0.15) is 0 Å². The van der Waals surface area contributed by atoms with E-state index in [2.05, 4.69) is 4.90 Å². The average molecular weight is 269 g/mol. The molecule has 2 aromatic rings. The van der Waals surface area contributed by atoms with Crippen LogP contribution in [0.4, 0.5) is 0 Å². The minimum absolute atomic E-state index is 0.208. The molecule has 1 aliphatic rings. The molecule has 3 nitrogen and oxygen atoms in total. The van der Waals surface area contributed by atoms with E-state index in [-0.39, 0.29) is 6.04 Å². The molecule has 0 unspecified atom stereocenters. The highest BCUT2D eigenvalue weighted by Gasteiger charge is 2.45. The van der Waals surface area contributed by atoms with Gasteiger partial charge in [-0.3, -0.25) is 4.90 Å². The molecule has 2 atom stereocenters. The van der Waals surface area contributed by atoms with Crippen LogP contribution in [0.3, 0.4) is 0 Å². The Morgan fingerprint density at radius 1 is 1.05 bits per heavy atom. The molecule has 2 aromatic carbocycles. The summed E-state index contributed by atoms with van der Waals surface area (Å²) in [5.41, 5.74) is 1.85. The van der Waals surface area contributed by atoms with Crippen molar-refractivity contribution in [1.82, 2.24) is 4.90 Å². The zero-order valence-electron chi connectivity index (χ0n) is 11.6. The zero-order valence-corrected chi connectivity index (χ0v) is 11.6. The normalized spacial score (nSPS) is 27.4. The van der Waals surface area contributed by atoms with Crippen LogP contribution in [-0.2, 0) is 10.5 Å². The molecule has 0 saturated carbocycles. The first-order valence-corrected chi connectivity index (χ1v) is 6.89. The van der Waals surface area contributed by atoms with Crippen molar-refractivity contribution >= 4 is 0 Å². The summed E-state index contributed by atoms with van der Waals surface area (Å²) in [5.74, 6) is -1.31. The average Bonchev–Trinajstić information content (AvgIpc) is 2.49. The molecule has 0 bridgehead atoms. The van der Waals surface area contributed by atoms with Crippen molar-refractivity contribution in [2.24, 2.45) is 0 Å². The molecule has 3 rings (SSSR count). The van der Waals surface area contributed by atoms with Crippen molar-refractivity contribution in [1.29, 1.82) is 0 Å². The second kappa shape index (κ2) is 5.37. The highest BCUT2D eigenvalue weighted by molar-refractivity contribution is 5.29. The molecular weight excluding hydrogens is 250 g/mol. The molecule has 0 aliphatic carbocycles. The van der Waals surface area contributed by atoms with Crippen LogP contribution in [0.2, 0.25) is 0 Å². The number of hydrogen-bond donors (Lipinski definition) is 1. The summed E-state index contributed by atoms with van der Waals surface area (Å²) in [6.45, 7) is 1.32. The Morgan fingerprint density at radius 3 is 2.30 bits per heavy atom. The first-order valence-electron chi connectivity index (χ1n) is 6.89. The van der Waals surface area contributed by atoms with Gasteiger partial charge >= 0.3 is 0 Å². The first kappa shape index (κ1) is 13.3. The Morgan fingerprint density at radius 2 is 1.65 bits per heavy atom. The third kappa shape index (κ3) is 2.24. The highest BCUT2D eigenvalue weighted by atomic mass is 16.6. The number of morpholine rings is 1. The van der Waals surface area contributed by atoms with Gasteiger partial charge in [-0.25, -0.2) is 0 Å². The Balaban J connectivity index is 2.07. The molecular formula is C17H19NO2. The topological polar surface area (TPSA) is 32.7 Å². The van der Waals surface area contributed by atoms with Crippen LogP contribution in [0.1, 0.15) is 17.2 Å². The molecule has 1 N–H and O–H groups in total. The minimum atomic E-state index is -1.31. The molecule has 1 fully saturated rings. The van der Waals surface area contributed by atoms with Gasteiger partial charge in [-0.05, 0) is 12.6 Å². The molecule has 0 spiro atoms. The van der Waals surface area contributed by atoms with Crippen molar-refractivity contribution < 1.29 is 9.84 Å². The molecule has 20 heavy (non-hydrogen) atoms. The Hall–Kier alpha value is -1.68. The maximum atomic E-state index is 11.2. The number of ether oxygens (including phenoxy) is 1. The summed E-state index contributed by atoms with van der Waals surface area (Å²) in [6, 6.07) is 19.4. The molecule has 0 radical (unpaired) electrons. The number of hydrogen-bond acceptors (Lipinski definition) is 3. The molecule has 0 aromatic heterocycles. The minimum Gasteiger partial charge on any atom is -0.360 e. The number of benzene rings is 2. The van der Waals surface area contributed by atoms with Gasteiger partial charge in [0, 0.05) is 12.1 Å². The summed E-state index contributed by atoms with van der Waals surface area (Å²) < 4.78 is 5.80. The molecule has 1 heterocycles. The third-order valence-electron chi connectivity index (χ3n) is 3.88. The molecule has 3 heteroatoms. The molecule has 1 saturated heterocycles. The molecule has 1 aliphatic heterocycles. The van der Waals surface area contributed by atoms with Gasteiger partial charge in [-0.1, -0.05) is 60.7 Å². The van der Waals surface area contributed by atoms with E-state index in [1.165, 1.54) is 0 Å². The van der Waals surface area contributed by atoms with E-state index in [4.69, 9.17) is 4.74 Å². The third-order valence-corrected chi connectivity index (χ3v) is 3.88. The van der Waals surface area contributed by atoms with E-state index in [1.807, 2.05) is 67.7 Å². The Bertz CT molecular complexity index is 558. The largest absolute Gasteiger partial charge is 0.360 e. The van der Waals surface area contributed by atoms with Crippen LogP contribution < -0.4 is 0 Å². The zero-order chi connectivity index (χ0) is 14.0. The van der Waals surface area contributed by atoms with Gasteiger partial charge in [-0.15, -0.1) is 0 Å². The number of nitrogens with zero attached hydrogens (tertiary/aromatic N) is 1. The summed E-state index contributed by atoms with van der Waals surface area (Å²) in [6.07, 6.45) is 0. The molecule has 0 amide bonds. The van der Waals surface area contributed by atoms with Crippen LogP contribution in [0.5, 0.6) is 0 Å². The van der Waals surface area contributed by atoms with Gasteiger partial charge in [0.05, 0.1) is 12.6 Å². The lowest BCUT2D eigenvalue weighted by molar-refractivity contribution is -0.278. The van der Waals surface area contributed by atoms with Crippen LogP contribution in [0, 0.1) is 0 Å². The van der Waals surface area contributed by atoms with Gasteiger partial charge in [0.15, 0.2) is 0 Å². The van der Waals surface area contributed by atoms with Crippen molar-refractivity contribution in [3.63, 3.8) is 0 Å². The second-order valence-corrected chi connectivity index (χ2v) is 5.20. The van der Waals surface area contributed by atoms with E-state index in [0.29, 0.717) is 6.61 Å². The van der Waals surface area contributed by atoms with Crippen molar-refractivity contribution in [2.45, 2.75) is 11.8 Å². The summed E-state index contributed by atoms with van der Waals surface area (Å²) in [7, 11) is 2.02. The second-order valence-electron chi connectivity index (χ2n) is 5.20. The van der Waals surface area contributed by atoms with E-state index in [1.54, 1.807) is 0 Å². The fraction of sp³-hybridized carbons (Fsp3) is 0.294. The van der Waals surface area contributed by atoms with E-state index < -0.39 is 5.79 Å². The van der Waals surface area contributed by atoms with Crippen LogP contribution in [0.15, 0.2) is 60.7 Å². The SMILES string of the molecule is CN1CCO[C@@](O)(c2ccccc2)[C@@H]1c1ccccc1. The van der Waals surface area contributed by atoms with E-state index in [0.717, 1.165) is 17.7 Å². The number of rotatable bonds is 2. The summed E-state index contributed by atoms with van der Waals surface area (Å²) >= 11 is 0. The quantitative estimate of drug-likeness (QED) is 0.909. The first-order chi connectivity index (χ1) is 9.72. The standard InChI is InChI=1S/C17H19NO2/c1-18-12-13-20-17(19,15-10-6-3-7-11-15)16(18)14-8-4-2-5-9-14/h2-11,16,19H,12-13H2,1H3/t16-,17-/m0/s1. The number of aliphatic hydroxyl groups is 1. The van der Waals surface area contributed by atoms with Crippen molar-refractivity contribution in [3.05, 3.63) is 71.8 Å². The lowest BCUT2D eigenvalue weighted by Crippen LogP contribution is -2.50. The summed E-state index contributed by atoms with van der Waals surface area (Å²) in [5, 5.41) is 11.2. The lowest BCUT2D eigenvalue weighted by Gasteiger charge is -2.45. The smallest absolute Gasteiger partial charge is 0.212 e. The van der Waals surface area contributed by atoms with Crippen molar-refractivity contribution in [3.8, 4) is 0 Å². The van der Waals surface area contributed by atoms with Gasteiger partial charge in [0.1, 0.15) is 0 Å². The maximum absolute atomic E-state index is 11.2. The predicted octanol–water partition coefficient (Wildman–Crippen LogP) is 2.54. The van der Waals surface area contributed by atoms with Crippen molar-refractivity contribution in [2.75, 3.05) is 20.2 Å². The fourth-order valence-electron chi connectivity index (χ4n) is 2.89. The Kier molecular flexibility index (Phi) is 3.57. The highest BCUT2D eigenvalue weighted by Crippen LogP contribution is 2.42. The molecule has 104 valence electrons. The van der Waals surface area contributed by atoms with Gasteiger partial charge in [0.2, 0.25) is 5.79 Å². The monoisotopic (exact) mass is 269 g/mol. The van der Waals surface area contributed by atoms with Crippen LogP contribution in [0.25, 0.3) is 0 Å². The maximum Gasteiger partial charge on any atom is 0.212 e. The van der Waals surface area contributed by atoms with Crippen LogP contribution in [-0.4, -0.2) is 30.2 Å². The van der Waals surface area contributed by atoms with Gasteiger partial charge < -0.3 is 9.84 Å². The summed E-state index contributed by atoms with van der Waals surface area (Å²) in [4.78, 5) is 2.14. The van der Waals surface area contributed by atoms with E-state index in [9.17, 15) is 5.11 Å². The van der Waals surface area contributed by atoms with Crippen LogP contribution >= 0.6 is 0 Å². The van der Waals surface area contributed by atoms with Gasteiger partial charge in [0.25, 0.3) is 0 Å². The van der Waals surface area contributed by atoms with E-state index >= 15 is 0 Å². The predicted molar refractivity (Wildman–Crippen MR) is 78.1 cm³/mol. The number of likely N-dealkylation sites (N-methyl/N-ethyl adjacent to an activating group) is 1. The fourth-order valence-corrected chi connectivity index (χ4v) is 2.89.